The molecule has 0 saturated carbocycles. The molecule has 0 bridgehead atoms. The molecular formula is C16H31N3S. The van der Waals surface area contributed by atoms with E-state index in [9.17, 15) is 0 Å². The van der Waals surface area contributed by atoms with Crippen molar-refractivity contribution >= 4 is 11.3 Å². The van der Waals surface area contributed by atoms with Crippen molar-refractivity contribution in [3.8, 4) is 0 Å². The van der Waals surface area contributed by atoms with Gasteiger partial charge in [-0.15, -0.1) is 11.3 Å². The summed E-state index contributed by atoms with van der Waals surface area (Å²) in [6.45, 7) is 3.93. The van der Waals surface area contributed by atoms with Gasteiger partial charge in [-0.2, -0.15) is 0 Å². The molecule has 0 aliphatic heterocycles. The predicted octanol–water partition coefficient (Wildman–Crippen LogP) is 4.04. The second kappa shape index (κ2) is 11.2. The lowest BCUT2D eigenvalue weighted by molar-refractivity contribution is 0.220. The molecular weight excluding hydrogens is 266 g/mol. The molecule has 0 aliphatic rings. The van der Waals surface area contributed by atoms with Crippen LogP contribution in [0.5, 0.6) is 0 Å². The van der Waals surface area contributed by atoms with E-state index in [-0.39, 0.29) is 0 Å². The predicted molar refractivity (Wildman–Crippen MR) is 89.0 cm³/mol. The largest absolute Gasteiger partial charge is 0.329 e. The van der Waals surface area contributed by atoms with Gasteiger partial charge in [-0.05, 0) is 13.5 Å². The van der Waals surface area contributed by atoms with Crippen molar-refractivity contribution in [1.82, 2.24) is 9.88 Å². The molecule has 3 nitrogen and oxygen atoms in total. The van der Waals surface area contributed by atoms with Gasteiger partial charge in [-0.3, -0.25) is 4.90 Å². The van der Waals surface area contributed by atoms with Gasteiger partial charge in [0.1, 0.15) is 0 Å². The van der Waals surface area contributed by atoms with Crippen molar-refractivity contribution in [2.24, 2.45) is 5.73 Å². The van der Waals surface area contributed by atoms with Crippen LogP contribution < -0.4 is 5.73 Å². The number of unbranched alkanes of at least 4 members (excludes halogenated alkanes) is 6. The second-order valence-corrected chi connectivity index (χ2v) is 6.41. The second-order valence-electron chi connectivity index (χ2n) is 5.69. The minimum absolute atomic E-state index is 0.493. The molecule has 0 saturated heterocycles. The summed E-state index contributed by atoms with van der Waals surface area (Å²) in [6, 6.07) is 0.493. The number of hydrogen-bond donors (Lipinski definition) is 1. The van der Waals surface area contributed by atoms with Crippen LogP contribution in [0.1, 0.15) is 64.0 Å². The topological polar surface area (TPSA) is 42.1 Å². The summed E-state index contributed by atoms with van der Waals surface area (Å²) in [6.07, 6.45) is 10.8. The maximum absolute atomic E-state index is 5.92. The van der Waals surface area contributed by atoms with Crippen molar-refractivity contribution < 1.29 is 0 Å². The van der Waals surface area contributed by atoms with Crippen molar-refractivity contribution in [2.45, 2.75) is 70.9 Å². The van der Waals surface area contributed by atoms with Crippen molar-refractivity contribution in [3.63, 3.8) is 0 Å². The summed E-state index contributed by atoms with van der Waals surface area (Å²) in [5, 5.41) is 2.12. The number of rotatable bonds is 12. The third-order valence-electron chi connectivity index (χ3n) is 3.93. The number of nitrogens with zero attached hydrogens (tertiary/aromatic N) is 2. The van der Waals surface area contributed by atoms with E-state index >= 15 is 0 Å². The molecule has 0 amide bonds. The average molecular weight is 298 g/mol. The fourth-order valence-corrected chi connectivity index (χ4v) is 3.11. The highest BCUT2D eigenvalue weighted by Gasteiger charge is 2.13. The molecule has 1 rings (SSSR count). The Hall–Kier alpha value is -0.450. The lowest BCUT2D eigenvalue weighted by atomic mass is 10.0. The molecule has 0 aliphatic carbocycles. The van der Waals surface area contributed by atoms with Gasteiger partial charge < -0.3 is 5.73 Å². The molecule has 4 heteroatoms. The number of likely N-dealkylation sites (N-methyl/N-ethyl adjacent to an activating group) is 1. The van der Waals surface area contributed by atoms with Crippen LogP contribution in [-0.2, 0) is 6.54 Å². The van der Waals surface area contributed by atoms with E-state index in [0.717, 1.165) is 18.8 Å². The smallest absolute Gasteiger partial charge is 0.0795 e. The van der Waals surface area contributed by atoms with Gasteiger partial charge in [0.05, 0.1) is 11.2 Å². The fraction of sp³-hybridized carbons (Fsp3) is 0.812. The lowest BCUT2D eigenvalue weighted by Crippen LogP contribution is -2.37. The van der Waals surface area contributed by atoms with Crippen molar-refractivity contribution in [2.75, 3.05) is 13.6 Å². The summed E-state index contributed by atoms with van der Waals surface area (Å²) >= 11 is 1.66. The van der Waals surface area contributed by atoms with Crippen LogP contribution in [0.2, 0.25) is 0 Å². The molecule has 116 valence electrons. The summed E-state index contributed by atoms with van der Waals surface area (Å²) < 4.78 is 0. The maximum Gasteiger partial charge on any atom is 0.0795 e. The van der Waals surface area contributed by atoms with Gasteiger partial charge >= 0.3 is 0 Å². The van der Waals surface area contributed by atoms with Gasteiger partial charge in [0.15, 0.2) is 0 Å². The molecule has 0 aromatic carbocycles. The first kappa shape index (κ1) is 17.6. The highest BCUT2D eigenvalue weighted by Crippen LogP contribution is 2.13. The summed E-state index contributed by atoms with van der Waals surface area (Å²) in [7, 11) is 2.16. The first-order chi connectivity index (χ1) is 9.77. The lowest BCUT2D eigenvalue weighted by Gasteiger charge is -2.26. The minimum Gasteiger partial charge on any atom is -0.329 e. The third-order valence-corrected chi connectivity index (χ3v) is 4.57. The molecule has 20 heavy (non-hydrogen) atoms. The zero-order chi connectivity index (χ0) is 14.6. The van der Waals surface area contributed by atoms with Crippen LogP contribution >= 0.6 is 11.3 Å². The molecule has 1 heterocycles. The van der Waals surface area contributed by atoms with E-state index in [1.165, 1.54) is 51.4 Å². The van der Waals surface area contributed by atoms with E-state index in [2.05, 4.69) is 29.2 Å². The summed E-state index contributed by atoms with van der Waals surface area (Å²) in [5.41, 5.74) is 8.99. The van der Waals surface area contributed by atoms with Crippen LogP contribution in [0.15, 0.2) is 10.9 Å². The van der Waals surface area contributed by atoms with E-state index in [4.69, 9.17) is 5.73 Å². The van der Waals surface area contributed by atoms with E-state index in [1.807, 2.05) is 5.51 Å². The minimum atomic E-state index is 0.493. The molecule has 1 aromatic rings. The first-order valence-corrected chi connectivity index (χ1v) is 8.99. The monoisotopic (exact) mass is 297 g/mol. The fourth-order valence-electron chi connectivity index (χ4n) is 2.56. The Balaban J connectivity index is 2.12. The number of nitrogens with two attached hydrogens (primary N) is 1. The first-order valence-electron chi connectivity index (χ1n) is 8.05. The summed E-state index contributed by atoms with van der Waals surface area (Å²) in [4.78, 5) is 6.70. The molecule has 1 unspecified atom stereocenters. The Morgan fingerprint density at radius 3 is 2.50 bits per heavy atom. The van der Waals surface area contributed by atoms with Crippen LogP contribution in [0, 0.1) is 0 Å². The van der Waals surface area contributed by atoms with E-state index in [1.54, 1.807) is 11.3 Å². The van der Waals surface area contributed by atoms with Crippen LogP contribution in [-0.4, -0.2) is 29.5 Å². The van der Waals surface area contributed by atoms with Gasteiger partial charge in [0, 0.05) is 24.5 Å². The van der Waals surface area contributed by atoms with Crippen LogP contribution in [0.3, 0.4) is 0 Å². The molecule has 0 spiro atoms. The van der Waals surface area contributed by atoms with Crippen LogP contribution in [0.4, 0.5) is 0 Å². The van der Waals surface area contributed by atoms with Crippen LogP contribution in [0.25, 0.3) is 0 Å². The van der Waals surface area contributed by atoms with Gasteiger partial charge in [-0.1, -0.05) is 51.9 Å². The molecule has 1 aromatic heterocycles. The highest BCUT2D eigenvalue weighted by molar-refractivity contribution is 7.07. The normalized spacial score (nSPS) is 13.0. The Labute approximate surface area is 128 Å². The van der Waals surface area contributed by atoms with E-state index in [0.29, 0.717) is 6.04 Å². The molecule has 2 N–H and O–H groups in total. The number of hydrogen-bond acceptors (Lipinski definition) is 4. The Bertz CT molecular complexity index is 314. The maximum atomic E-state index is 5.92. The Morgan fingerprint density at radius 1 is 1.20 bits per heavy atom. The van der Waals surface area contributed by atoms with Gasteiger partial charge in [0.2, 0.25) is 0 Å². The number of thiazole rings is 1. The SMILES string of the molecule is CCCCCCCCCC(CN)N(C)Cc1cscn1. The molecule has 0 fully saturated rings. The van der Waals surface area contributed by atoms with Crippen molar-refractivity contribution in [1.29, 1.82) is 0 Å². The van der Waals surface area contributed by atoms with E-state index < -0.39 is 0 Å². The standard InChI is InChI=1S/C16H31N3S/c1-3-4-5-6-7-8-9-10-16(11-17)19(2)12-15-13-20-14-18-15/h13-14,16H,3-12,17H2,1-2H3. The van der Waals surface area contributed by atoms with Gasteiger partial charge in [-0.25, -0.2) is 4.98 Å². The zero-order valence-electron chi connectivity index (χ0n) is 13.2. The van der Waals surface area contributed by atoms with Gasteiger partial charge in [0.25, 0.3) is 0 Å². The molecule has 1 atom stereocenters. The third kappa shape index (κ3) is 7.36. The average Bonchev–Trinajstić information content (AvgIpc) is 2.94. The Morgan fingerprint density at radius 2 is 1.90 bits per heavy atom. The highest BCUT2D eigenvalue weighted by atomic mass is 32.1. The summed E-state index contributed by atoms with van der Waals surface area (Å²) in [5.74, 6) is 0. The van der Waals surface area contributed by atoms with Crippen molar-refractivity contribution in [3.05, 3.63) is 16.6 Å². The quantitative estimate of drug-likeness (QED) is 0.592. The molecule has 0 radical (unpaired) electrons. The Kier molecular flexibility index (Phi) is 9.89. The number of aromatic nitrogens is 1. The zero-order valence-corrected chi connectivity index (χ0v) is 14.0.